The molecular formula is C9H13N5O2S. The van der Waals surface area contributed by atoms with Crippen LogP contribution in [0.15, 0.2) is 9.64 Å². The minimum absolute atomic E-state index is 0.0854. The summed E-state index contributed by atoms with van der Waals surface area (Å²) in [5.74, 6) is 0.462. The van der Waals surface area contributed by atoms with Crippen molar-refractivity contribution < 1.29 is 9.21 Å². The van der Waals surface area contributed by atoms with Gasteiger partial charge in [-0.25, -0.2) is 0 Å². The average Bonchev–Trinajstić information content (AvgIpc) is 2.80. The van der Waals surface area contributed by atoms with E-state index in [-0.39, 0.29) is 18.2 Å². The van der Waals surface area contributed by atoms with Gasteiger partial charge >= 0.3 is 0 Å². The number of thioether (sulfide) groups is 1. The van der Waals surface area contributed by atoms with E-state index in [2.05, 4.69) is 10.2 Å². The summed E-state index contributed by atoms with van der Waals surface area (Å²) in [5.41, 5.74) is 5.31. The molecule has 1 heterocycles. The first kappa shape index (κ1) is 13.5. The maximum absolute atomic E-state index is 11.6. The molecule has 0 aliphatic rings. The molecule has 0 aromatic carbocycles. The van der Waals surface area contributed by atoms with Crippen LogP contribution >= 0.6 is 11.8 Å². The molecule has 0 unspecified atom stereocenters. The molecule has 0 bridgehead atoms. The summed E-state index contributed by atoms with van der Waals surface area (Å²) in [6, 6.07) is 1.98. The number of carbonyl (C=O) groups is 1. The van der Waals surface area contributed by atoms with E-state index in [1.165, 1.54) is 4.90 Å². The summed E-state index contributed by atoms with van der Waals surface area (Å²) in [4.78, 5) is 13.1. The van der Waals surface area contributed by atoms with Crippen molar-refractivity contribution in [2.24, 2.45) is 5.73 Å². The largest absolute Gasteiger partial charge is 0.415 e. The van der Waals surface area contributed by atoms with Gasteiger partial charge in [0.1, 0.15) is 0 Å². The maximum Gasteiger partial charge on any atom is 0.277 e. The summed E-state index contributed by atoms with van der Waals surface area (Å²) in [6.45, 7) is 0.608. The van der Waals surface area contributed by atoms with Crippen LogP contribution in [-0.2, 0) is 11.3 Å². The van der Waals surface area contributed by atoms with Gasteiger partial charge in [-0.15, -0.1) is 10.2 Å². The van der Waals surface area contributed by atoms with Gasteiger partial charge in [-0.2, -0.15) is 5.26 Å². The zero-order chi connectivity index (χ0) is 12.7. The zero-order valence-corrected chi connectivity index (χ0v) is 10.2. The van der Waals surface area contributed by atoms with Crippen molar-refractivity contribution in [1.82, 2.24) is 15.1 Å². The Morgan fingerprint density at radius 3 is 3.00 bits per heavy atom. The van der Waals surface area contributed by atoms with E-state index in [1.807, 2.05) is 6.07 Å². The Morgan fingerprint density at radius 1 is 1.65 bits per heavy atom. The third-order valence-electron chi connectivity index (χ3n) is 1.93. The van der Waals surface area contributed by atoms with E-state index >= 15 is 0 Å². The van der Waals surface area contributed by atoms with Gasteiger partial charge in [-0.1, -0.05) is 11.8 Å². The number of carbonyl (C=O) groups excluding carboxylic acids is 1. The molecule has 0 saturated carbocycles. The Balaban J connectivity index is 2.35. The molecule has 0 atom stereocenters. The second-order valence-electron chi connectivity index (χ2n) is 3.18. The van der Waals surface area contributed by atoms with Crippen LogP contribution in [0, 0.1) is 11.3 Å². The Hall–Kier alpha value is -1.59. The number of nitrogens with two attached hydrogens (primary N) is 1. The smallest absolute Gasteiger partial charge is 0.277 e. The fourth-order valence-corrected chi connectivity index (χ4v) is 1.68. The molecule has 8 heteroatoms. The minimum atomic E-state index is -0.0854. The normalized spacial score (nSPS) is 9.94. The van der Waals surface area contributed by atoms with Gasteiger partial charge in [0.15, 0.2) is 0 Å². The highest BCUT2D eigenvalue weighted by molar-refractivity contribution is 7.99. The van der Waals surface area contributed by atoms with Gasteiger partial charge < -0.3 is 15.1 Å². The molecule has 0 radical (unpaired) electrons. The molecule has 7 nitrogen and oxygen atoms in total. The summed E-state index contributed by atoms with van der Waals surface area (Å²) in [7, 11) is 1.65. The highest BCUT2D eigenvalue weighted by Crippen LogP contribution is 2.16. The molecule has 0 aliphatic heterocycles. The number of rotatable bonds is 6. The number of hydrogen-bond acceptors (Lipinski definition) is 7. The molecule has 0 saturated heterocycles. The van der Waals surface area contributed by atoms with Gasteiger partial charge in [0.2, 0.25) is 11.8 Å². The Kier molecular flexibility index (Phi) is 5.45. The van der Waals surface area contributed by atoms with Crippen molar-refractivity contribution >= 4 is 17.7 Å². The first-order valence-corrected chi connectivity index (χ1v) is 5.92. The predicted molar refractivity (Wildman–Crippen MR) is 60.8 cm³/mol. The number of aromatic nitrogens is 2. The van der Waals surface area contributed by atoms with Gasteiger partial charge in [-0.3, -0.25) is 4.79 Å². The first-order valence-electron chi connectivity index (χ1n) is 4.93. The number of amides is 1. The van der Waals surface area contributed by atoms with E-state index in [1.54, 1.807) is 7.05 Å². The van der Waals surface area contributed by atoms with Crippen LogP contribution in [-0.4, -0.2) is 40.3 Å². The predicted octanol–water partition coefficient (Wildman–Crippen LogP) is -0.00752. The molecular weight excluding hydrogens is 242 g/mol. The molecule has 0 spiro atoms. The van der Waals surface area contributed by atoms with Crippen molar-refractivity contribution in [2.75, 3.05) is 19.3 Å². The van der Waals surface area contributed by atoms with Crippen LogP contribution in [0.2, 0.25) is 0 Å². The highest BCUT2D eigenvalue weighted by Gasteiger charge is 2.12. The maximum atomic E-state index is 11.6. The SMILES string of the molecule is CN(CCC#N)C(=O)CSc1nnc(CN)o1. The van der Waals surface area contributed by atoms with E-state index in [0.29, 0.717) is 24.1 Å². The minimum Gasteiger partial charge on any atom is -0.415 e. The number of nitrogens with zero attached hydrogens (tertiary/aromatic N) is 4. The fraction of sp³-hybridized carbons (Fsp3) is 0.556. The van der Waals surface area contributed by atoms with Crippen LogP contribution < -0.4 is 5.73 Å². The summed E-state index contributed by atoms with van der Waals surface area (Å²) in [5, 5.41) is 16.1. The van der Waals surface area contributed by atoms with Crippen LogP contribution in [0.4, 0.5) is 0 Å². The fourth-order valence-electron chi connectivity index (χ4n) is 0.955. The Bertz CT molecular complexity index is 414. The quantitative estimate of drug-likeness (QED) is 0.712. The monoisotopic (exact) mass is 255 g/mol. The van der Waals surface area contributed by atoms with E-state index < -0.39 is 0 Å². The van der Waals surface area contributed by atoms with E-state index in [9.17, 15) is 4.79 Å². The molecule has 1 aromatic heterocycles. The van der Waals surface area contributed by atoms with Crippen molar-refractivity contribution in [1.29, 1.82) is 5.26 Å². The molecule has 1 rings (SSSR count). The summed E-state index contributed by atoms with van der Waals surface area (Å²) < 4.78 is 5.14. The second-order valence-corrected chi connectivity index (χ2v) is 4.10. The van der Waals surface area contributed by atoms with Crippen LogP contribution in [0.25, 0.3) is 0 Å². The summed E-state index contributed by atoms with van der Waals surface area (Å²) >= 11 is 1.16. The molecule has 0 fully saturated rings. The molecule has 1 amide bonds. The number of hydrogen-bond donors (Lipinski definition) is 1. The number of nitriles is 1. The van der Waals surface area contributed by atoms with Gasteiger partial charge in [0, 0.05) is 13.6 Å². The topological polar surface area (TPSA) is 109 Å². The van der Waals surface area contributed by atoms with Crippen molar-refractivity contribution in [3.8, 4) is 6.07 Å². The zero-order valence-electron chi connectivity index (χ0n) is 9.42. The van der Waals surface area contributed by atoms with E-state index in [0.717, 1.165) is 11.8 Å². The lowest BCUT2D eigenvalue weighted by Crippen LogP contribution is -2.29. The molecule has 17 heavy (non-hydrogen) atoms. The van der Waals surface area contributed by atoms with Gasteiger partial charge in [-0.05, 0) is 0 Å². The lowest BCUT2D eigenvalue weighted by atomic mass is 10.4. The lowest BCUT2D eigenvalue weighted by Gasteiger charge is -2.13. The van der Waals surface area contributed by atoms with Crippen molar-refractivity contribution in [3.05, 3.63) is 5.89 Å². The standard InChI is InChI=1S/C9H13N5O2S/c1-14(4-2-3-10)8(15)6-17-9-13-12-7(5-11)16-9/h2,4-6,11H2,1H3. The summed E-state index contributed by atoms with van der Waals surface area (Å²) in [6.07, 6.45) is 0.324. The van der Waals surface area contributed by atoms with E-state index in [4.69, 9.17) is 15.4 Å². The van der Waals surface area contributed by atoms with Crippen LogP contribution in [0.3, 0.4) is 0 Å². The Labute approximate surface area is 103 Å². The van der Waals surface area contributed by atoms with Crippen LogP contribution in [0.5, 0.6) is 0 Å². The van der Waals surface area contributed by atoms with Crippen molar-refractivity contribution in [3.63, 3.8) is 0 Å². The molecule has 0 aliphatic carbocycles. The third kappa shape index (κ3) is 4.42. The Morgan fingerprint density at radius 2 is 2.41 bits per heavy atom. The van der Waals surface area contributed by atoms with Crippen molar-refractivity contribution in [2.45, 2.75) is 18.2 Å². The third-order valence-corrected chi connectivity index (χ3v) is 2.73. The average molecular weight is 255 g/mol. The highest BCUT2D eigenvalue weighted by atomic mass is 32.2. The lowest BCUT2D eigenvalue weighted by molar-refractivity contribution is -0.127. The van der Waals surface area contributed by atoms with Gasteiger partial charge in [0.05, 0.1) is 24.8 Å². The molecule has 92 valence electrons. The molecule has 2 N–H and O–H groups in total. The van der Waals surface area contributed by atoms with Gasteiger partial charge in [0.25, 0.3) is 5.22 Å². The van der Waals surface area contributed by atoms with Crippen LogP contribution in [0.1, 0.15) is 12.3 Å². The first-order chi connectivity index (χ1) is 8.17. The second kappa shape index (κ2) is 6.88. The molecule has 1 aromatic rings.